The van der Waals surface area contributed by atoms with Crippen LogP contribution in [0.15, 0.2) is 18.2 Å². The van der Waals surface area contributed by atoms with E-state index in [-0.39, 0.29) is 5.92 Å². The minimum atomic E-state index is 0.120. The van der Waals surface area contributed by atoms with Gasteiger partial charge in [-0.25, -0.2) is 0 Å². The van der Waals surface area contributed by atoms with Crippen LogP contribution in [0.1, 0.15) is 6.92 Å². The second-order valence-electron chi connectivity index (χ2n) is 3.29. The number of halogens is 2. The molecule has 0 radical (unpaired) electrons. The summed E-state index contributed by atoms with van der Waals surface area (Å²) in [6, 6.07) is 5.44. The van der Waals surface area contributed by atoms with Crippen molar-refractivity contribution >= 4 is 46.1 Å². The van der Waals surface area contributed by atoms with Gasteiger partial charge in [-0.2, -0.15) is 0 Å². The smallest absolute Gasteiger partial charge is 0.0823 e. The molecule has 0 saturated carbocycles. The van der Waals surface area contributed by atoms with Crippen molar-refractivity contribution in [2.24, 2.45) is 11.7 Å². The zero-order valence-corrected chi connectivity index (χ0v) is 10.6. The van der Waals surface area contributed by atoms with Gasteiger partial charge in [-0.3, -0.25) is 0 Å². The van der Waals surface area contributed by atoms with Crippen LogP contribution in [0.25, 0.3) is 0 Å². The van der Waals surface area contributed by atoms with E-state index in [1.54, 1.807) is 6.07 Å². The molecule has 0 spiro atoms. The molecular formula is C10H12Cl2N2S. The zero-order valence-electron chi connectivity index (χ0n) is 8.26. The number of nitrogens with two attached hydrogens (primary N) is 1. The molecule has 5 heteroatoms. The lowest BCUT2D eigenvalue weighted by atomic mass is 10.2. The van der Waals surface area contributed by atoms with Crippen LogP contribution in [-0.4, -0.2) is 11.5 Å². The summed E-state index contributed by atoms with van der Waals surface area (Å²) in [6.45, 7) is 2.60. The molecule has 0 heterocycles. The summed E-state index contributed by atoms with van der Waals surface area (Å²) in [6.07, 6.45) is 0. The molecule has 1 rings (SSSR count). The second-order valence-corrected chi connectivity index (χ2v) is 4.54. The van der Waals surface area contributed by atoms with Gasteiger partial charge in [-0.1, -0.05) is 48.4 Å². The molecule has 0 saturated heterocycles. The highest BCUT2D eigenvalue weighted by molar-refractivity contribution is 7.80. The largest absolute Gasteiger partial charge is 0.393 e. The van der Waals surface area contributed by atoms with Crippen molar-refractivity contribution in [2.75, 3.05) is 11.9 Å². The normalized spacial score (nSPS) is 12.2. The topological polar surface area (TPSA) is 38.0 Å². The summed E-state index contributed by atoms with van der Waals surface area (Å²) >= 11 is 16.7. The van der Waals surface area contributed by atoms with Crippen molar-refractivity contribution in [3.8, 4) is 0 Å². The van der Waals surface area contributed by atoms with Crippen LogP contribution >= 0.6 is 35.4 Å². The Kier molecular flexibility index (Phi) is 4.64. The van der Waals surface area contributed by atoms with Gasteiger partial charge in [0.2, 0.25) is 0 Å². The summed E-state index contributed by atoms with van der Waals surface area (Å²) in [7, 11) is 0. The Hall–Kier alpha value is -0.510. The van der Waals surface area contributed by atoms with Crippen molar-refractivity contribution in [3.05, 3.63) is 28.2 Å². The molecule has 2 nitrogen and oxygen atoms in total. The number of rotatable bonds is 4. The fourth-order valence-electron chi connectivity index (χ4n) is 1.00. The molecule has 0 aliphatic heterocycles. The van der Waals surface area contributed by atoms with E-state index in [0.717, 1.165) is 5.69 Å². The maximum absolute atomic E-state index is 6.00. The van der Waals surface area contributed by atoms with Gasteiger partial charge in [-0.15, -0.1) is 0 Å². The van der Waals surface area contributed by atoms with E-state index in [4.69, 9.17) is 41.2 Å². The molecule has 0 amide bonds. The first-order chi connectivity index (χ1) is 7.02. The van der Waals surface area contributed by atoms with Gasteiger partial charge in [0.15, 0.2) is 0 Å². The van der Waals surface area contributed by atoms with Crippen LogP contribution in [0.3, 0.4) is 0 Å². The van der Waals surface area contributed by atoms with Crippen molar-refractivity contribution < 1.29 is 0 Å². The quantitative estimate of drug-likeness (QED) is 0.818. The number of anilines is 1. The standard InChI is InChI=1S/C10H12Cl2N2S/c1-6(10(13)15)5-14-8-4-2-3-7(11)9(8)12/h2-4,6,14H,5H2,1H3,(H2,13,15). The third kappa shape index (κ3) is 3.52. The summed E-state index contributed by atoms with van der Waals surface area (Å²) in [4.78, 5) is 0.487. The molecule has 0 fully saturated rings. The number of nitrogens with one attached hydrogen (secondary N) is 1. The first kappa shape index (κ1) is 12.6. The molecule has 3 N–H and O–H groups in total. The highest BCUT2D eigenvalue weighted by Crippen LogP contribution is 2.29. The number of hydrogen-bond acceptors (Lipinski definition) is 2. The maximum Gasteiger partial charge on any atom is 0.0823 e. The van der Waals surface area contributed by atoms with Gasteiger partial charge in [0, 0.05) is 12.5 Å². The third-order valence-electron chi connectivity index (χ3n) is 2.04. The van der Waals surface area contributed by atoms with Gasteiger partial charge in [0.1, 0.15) is 0 Å². The molecule has 0 aromatic heterocycles. The average Bonchev–Trinajstić information content (AvgIpc) is 2.19. The maximum atomic E-state index is 6.00. The minimum Gasteiger partial charge on any atom is -0.393 e. The molecule has 1 unspecified atom stereocenters. The van der Waals surface area contributed by atoms with Crippen molar-refractivity contribution in [1.29, 1.82) is 0 Å². The van der Waals surface area contributed by atoms with Crippen molar-refractivity contribution in [3.63, 3.8) is 0 Å². The van der Waals surface area contributed by atoms with Gasteiger partial charge >= 0.3 is 0 Å². The fraction of sp³-hybridized carbons (Fsp3) is 0.300. The summed E-state index contributed by atoms with van der Waals surface area (Å²) in [5, 5.41) is 4.21. The minimum absolute atomic E-state index is 0.120. The van der Waals surface area contributed by atoms with E-state index < -0.39 is 0 Å². The first-order valence-corrected chi connectivity index (χ1v) is 5.66. The molecule has 0 aliphatic carbocycles. The van der Waals surface area contributed by atoms with Gasteiger partial charge in [0.05, 0.1) is 20.7 Å². The Morgan fingerprint density at radius 3 is 2.80 bits per heavy atom. The lowest BCUT2D eigenvalue weighted by Gasteiger charge is -2.13. The zero-order chi connectivity index (χ0) is 11.4. The average molecular weight is 263 g/mol. The molecule has 15 heavy (non-hydrogen) atoms. The molecule has 0 aliphatic rings. The highest BCUT2D eigenvalue weighted by atomic mass is 35.5. The SMILES string of the molecule is CC(CNc1cccc(Cl)c1Cl)C(N)=S. The Bertz CT molecular complexity index is 368. The Balaban J connectivity index is 2.66. The predicted molar refractivity (Wildman–Crippen MR) is 70.9 cm³/mol. The van der Waals surface area contributed by atoms with E-state index in [2.05, 4.69) is 5.32 Å². The predicted octanol–water partition coefficient (Wildman–Crippen LogP) is 3.33. The van der Waals surface area contributed by atoms with Gasteiger partial charge < -0.3 is 11.1 Å². The number of benzene rings is 1. The highest BCUT2D eigenvalue weighted by Gasteiger charge is 2.07. The van der Waals surface area contributed by atoms with E-state index in [0.29, 0.717) is 21.6 Å². The summed E-state index contributed by atoms with van der Waals surface area (Å²) in [5.41, 5.74) is 6.30. The molecule has 0 bridgehead atoms. The van der Waals surface area contributed by atoms with Crippen molar-refractivity contribution in [1.82, 2.24) is 0 Å². The summed E-state index contributed by atoms with van der Waals surface area (Å²) in [5.74, 6) is 0.120. The van der Waals surface area contributed by atoms with Gasteiger partial charge in [0.25, 0.3) is 0 Å². The van der Waals surface area contributed by atoms with E-state index >= 15 is 0 Å². The molecular weight excluding hydrogens is 251 g/mol. The molecule has 1 atom stereocenters. The lowest BCUT2D eigenvalue weighted by Crippen LogP contribution is -2.25. The van der Waals surface area contributed by atoms with E-state index in [1.165, 1.54) is 0 Å². The monoisotopic (exact) mass is 262 g/mol. The lowest BCUT2D eigenvalue weighted by molar-refractivity contribution is 0.821. The first-order valence-electron chi connectivity index (χ1n) is 4.49. The van der Waals surface area contributed by atoms with Crippen LogP contribution in [0.4, 0.5) is 5.69 Å². The van der Waals surface area contributed by atoms with Crippen LogP contribution < -0.4 is 11.1 Å². The second kappa shape index (κ2) is 5.54. The van der Waals surface area contributed by atoms with Crippen LogP contribution in [0.5, 0.6) is 0 Å². The Morgan fingerprint density at radius 2 is 2.20 bits per heavy atom. The van der Waals surface area contributed by atoms with Gasteiger partial charge in [-0.05, 0) is 12.1 Å². The third-order valence-corrected chi connectivity index (χ3v) is 3.26. The molecule has 82 valence electrons. The number of thiocarbonyl (C=S) groups is 1. The Labute approximate surface area is 105 Å². The fourth-order valence-corrected chi connectivity index (χ4v) is 1.45. The Morgan fingerprint density at radius 1 is 1.53 bits per heavy atom. The van der Waals surface area contributed by atoms with E-state index in [1.807, 2.05) is 19.1 Å². The molecule has 1 aromatic carbocycles. The van der Waals surface area contributed by atoms with Crippen LogP contribution in [-0.2, 0) is 0 Å². The molecule has 1 aromatic rings. The number of hydrogen-bond donors (Lipinski definition) is 2. The van der Waals surface area contributed by atoms with Crippen molar-refractivity contribution in [2.45, 2.75) is 6.92 Å². The summed E-state index contributed by atoms with van der Waals surface area (Å²) < 4.78 is 0. The van der Waals surface area contributed by atoms with Crippen LogP contribution in [0.2, 0.25) is 10.0 Å². The van der Waals surface area contributed by atoms with Crippen LogP contribution in [0, 0.1) is 5.92 Å². The van der Waals surface area contributed by atoms with E-state index in [9.17, 15) is 0 Å².